The summed E-state index contributed by atoms with van der Waals surface area (Å²) in [7, 11) is 0. The standard InChI is InChI=1S/C21H25N3O2/c1-2-24(14-16-7-4-3-5-8-16)15-20(25)22-19-10-6-9-17(13-19)21(26)23-18-11-12-18/h3-10,13,18H,2,11-12,14-15H2,1H3,(H,22,25)(H,23,26). The first-order valence-electron chi connectivity index (χ1n) is 9.11. The Morgan fingerprint density at radius 2 is 1.85 bits per heavy atom. The van der Waals surface area contributed by atoms with Gasteiger partial charge in [0.2, 0.25) is 5.91 Å². The Kier molecular flexibility index (Phi) is 6.02. The van der Waals surface area contributed by atoms with Crippen LogP contribution in [0.4, 0.5) is 5.69 Å². The molecular formula is C21H25N3O2. The molecule has 1 aliphatic rings. The molecule has 1 saturated carbocycles. The molecular weight excluding hydrogens is 326 g/mol. The molecule has 0 saturated heterocycles. The summed E-state index contributed by atoms with van der Waals surface area (Å²) in [6.45, 7) is 3.86. The first-order chi connectivity index (χ1) is 12.6. The van der Waals surface area contributed by atoms with Gasteiger partial charge in [-0.05, 0) is 43.1 Å². The molecule has 1 fully saturated rings. The fourth-order valence-corrected chi connectivity index (χ4v) is 2.76. The molecule has 3 rings (SSSR count). The van der Waals surface area contributed by atoms with Gasteiger partial charge in [0, 0.05) is 23.8 Å². The molecule has 0 heterocycles. The summed E-state index contributed by atoms with van der Waals surface area (Å²) in [4.78, 5) is 26.6. The fourth-order valence-electron chi connectivity index (χ4n) is 2.76. The largest absolute Gasteiger partial charge is 0.349 e. The SMILES string of the molecule is CCN(CC(=O)Nc1cccc(C(=O)NC2CC2)c1)Cc1ccccc1. The molecule has 0 spiro atoms. The van der Waals surface area contributed by atoms with Crippen molar-refractivity contribution in [2.45, 2.75) is 32.4 Å². The minimum Gasteiger partial charge on any atom is -0.349 e. The van der Waals surface area contributed by atoms with Crippen molar-refractivity contribution in [3.63, 3.8) is 0 Å². The highest BCUT2D eigenvalue weighted by Crippen LogP contribution is 2.20. The van der Waals surface area contributed by atoms with Gasteiger partial charge in [0.15, 0.2) is 0 Å². The lowest BCUT2D eigenvalue weighted by atomic mass is 10.2. The van der Waals surface area contributed by atoms with Crippen LogP contribution in [0.25, 0.3) is 0 Å². The first kappa shape index (κ1) is 18.1. The maximum Gasteiger partial charge on any atom is 0.251 e. The Morgan fingerprint density at radius 3 is 2.54 bits per heavy atom. The monoisotopic (exact) mass is 351 g/mol. The highest BCUT2D eigenvalue weighted by Gasteiger charge is 2.23. The second-order valence-corrected chi connectivity index (χ2v) is 6.67. The van der Waals surface area contributed by atoms with Gasteiger partial charge in [-0.2, -0.15) is 0 Å². The van der Waals surface area contributed by atoms with Crippen molar-refractivity contribution in [1.29, 1.82) is 0 Å². The van der Waals surface area contributed by atoms with Crippen molar-refractivity contribution in [3.8, 4) is 0 Å². The zero-order chi connectivity index (χ0) is 18.4. The van der Waals surface area contributed by atoms with Gasteiger partial charge in [-0.1, -0.05) is 43.3 Å². The number of benzene rings is 2. The van der Waals surface area contributed by atoms with Crippen LogP contribution in [0.2, 0.25) is 0 Å². The van der Waals surface area contributed by atoms with E-state index in [2.05, 4.69) is 27.7 Å². The Bertz CT molecular complexity index is 757. The maximum atomic E-state index is 12.4. The van der Waals surface area contributed by atoms with Gasteiger partial charge in [-0.25, -0.2) is 0 Å². The zero-order valence-electron chi connectivity index (χ0n) is 15.1. The minimum absolute atomic E-state index is 0.0807. The van der Waals surface area contributed by atoms with Crippen molar-refractivity contribution in [2.24, 2.45) is 0 Å². The van der Waals surface area contributed by atoms with E-state index in [0.717, 1.165) is 25.9 Å². The van der Waals surface area contributed by atoms with Crippen LogP contribution in [0.3, 0.4) is 0 Å². The quantitative estimate of drug-likeness (QED) is 0.768. The van der Waals surface area contributed by atoms with Crippen LogP contribution < -0.4 is 10.6 Å². The highest BCUT2D eigenvalue weighted by atomic mass is 16.2. The molecule has 2 N–H and O–H groups in total. The summed E-state index contributed by atoms with van der Waals surface area (Å²) >= 11 is 0. The number of hydrogen-bond donors (Lipinski definition) is 2. The highest BCUT2D eigenvalue weighted by molar-refractivity contribution is 5.97. The van der Waals surface area contributed by atoms with E-state index in [0.29, 0.717) is 23.8 Å². The molecule has 136 valence electrons. The smallest absolute Gasteiger partial charge is 0.251 e. The van der Waals surface area contributed by atoms with Crippen molar-refractivity contribution in [1.82, 2.24) is 10.2 Å². The van der Waals surface area contributed by atoms with E-state index in [1.54, 1.807) is 24.3 Å². The van der Waals surface area contributed by atoms with Crippen molar-refractivity contribution in [2.75, 3.05) is 18.4 Å². The first-order valence-corrected chi connectivity index (χ1v) is 9.11. The predicted octanol–water partition coefficient (Wildman–Crippen LogP) is 3.04. The van der Waals surface area contributed by atoms with E-state index in [9.17, 15) is 9.59 Å². The number of likely N-dealkylation sites (N-methyl/N-ethyl adjacent to an activating group) is 1. The van der Waals surface area contributed by atoms with E-state index in [4.69, 9.17) is 0 Å². The molecule has 5 nitrogen and oxygen atoms in total. The summed E-state index contributed by atoms with van der Waals surface area (Å²) in [5.41, 5.74) is 2.40. The van der Waals surface area contributed by atoms with E-state index in [1.165, 1.54) is 5.56 Å². The van der Waals surface area contributed by atoms with Gasteiger partial charge in [-0.3, -0.25) is 14.5 Å². The molecule has 5 heteroatoms. The number of carbonyl (C=O) groups is 2. The van der Waals surface area contributed by atoms with Gasteiger partial charge in [0.05, 0.1) is 6.54 Å². The van der Waals surface area contributed by atoms with Gasteiger partial charge in [-0.15, -0.1) is 0 Å². The molecule has 26 heavy (non-hydrogen) atoms. The van der Waals surface area contributed by atoms with E-state index in [-0.39, 0.29) is 11.8 Å². The number of carbonyl (C=O) groups excluding carboxylic acids is 2. The predicted molar refractivity (Wildman–Crippen MR) is 103 cm³/mol. The van der Waals surface area contributed by atoms with E-state index < -0.39 is 0 Å². The van der Waals surface area contributed by atoms with E-state index in [1.807, 2.05) is 25.1 Å². The number of amides is 2. The minimum atomic E-state index is -0.0810. The molecule has 0 bridgehead atoms. The van der Waals surface area contributed by atoms with Crippen LogP contribution >= 0.6 is 0 Å². The molecule has 0 atom stereocenters. The molecule has 2 amide bonds. The Morgan fingerprint density at radius 1 is 1.08 bits per heavy atom. The maximum absolute atomic E-state index is 12.4. The summed E-state index contributed by atoms with van der Waals surface area (Å²) in [5.74, 6) is -0.162. The van der Waals surface area contributed by atoms with Crippen LogP contribution in [-0.4, -0.2) is 35.8 Å². The van der Waals surface area contributed by atoms with Crippen LogP contribution in [-0.2, 0) is 11.3 Å². The van der Waals surface area contributed by atoms with Crippen LogP contribution in [0.15, 0.2) is 54.6 Å². The number of anilines is 1. The molecule has 0 aromatic heterocycles. The lowest BCUT2D eigenvalue weighted by Gasteiger charge is -2.20. The summed E-state index contributed by atoms with van der Waals surface area (Å²) in [6, 6.07) is 17.5. The molecule has 2 aromatic rings. The third-order valence-corrected chi connectivity index (χ3v) is 4.38. The number of nitrogens with one attached hydrogen (secondary N) is 2. The molecule has 0 unspecified atom stereocenters. The van der Waals surface area contributed by atoms with E-state index >= 15 is 0 Å². The Balaban J connectivity index is 1.55. The zero-order valence-corrected chi connectivity index (χ0v) is 15.1. The Labute approximate surface area is 154 Å². The Hall–Kier alpha value is -2.66. The van der Waals surface area contributed by atoms with Crippen LogP contribution in [0, 0.1) is 0 Å². The second-order valence-electron chi connectivity index (χ2n) is 6.67. The third kappa shape index (κ3) is 5.43. The molecule has 1 aliphatic carbocycles. The summed E-state index contributed by atoms with van der Waals surface area (Å²) in [5, 5.41) is 5.86. The molecule has 0 radical (unpaired) electrons. The number of nitrogens with zero attached hydrogens (tertiary/aromatic N) is 1. The molecule has 2 aromatic carbocycles. The van der Waals surface area contributed by atoms with Crippen molar-refractivity contribution < 1.29 is 9.59 Å². The van der Waals surface area contributed by atoms with Gasteiger partial charge >= 0.3 is 0 Å². The van der Waals surface area contributed by atoms with Crippen LogP contribution in [0.5, 0.6) is 0 Å². The van der Waals surface area contributed by atoms with Gasteiger partial charge < -0.3 is 10.6 Å². The lowest BCUT2D eigenvalue weighted by molar-refractivity contribution is -0.117. The van der Waals surface area contributed by atoms with Gasteiger partial charge in [0.1, 0.15) is 0 Å². The normalized spacial score (nSPS) is 13.5. The third-order valence-electron chi connectivity index (χ3n) is 4.38. The summed E-state index contributed by atoms with van der Waals surface area (Å²) < 4.78 is 0. The second kappa shape index (κ2) is 8.63. The lowest BCUT2D eigenvalue weighted by Crippen LogP contribution is -2.32. The van der Waals surface area contributed by atoms with Crippen molar-refractivity contribution >= 4 is 17.5 Å². The van der Waals surface area contributed by atoms with Crippen molar-refractivity contribution in [3.05, 3.63) is 65.7 Å². The van der Waals surface area contributed by atoms with Gasteiger partial charge in [0.25, 0.3) is 5.91 Å². The topological polar surface area (TPSA) is 61.4 Å². The van der Waals surface area contributed by atoms with Crippen LogP contribution in [0.1, 0.15) is 35.7 Å². The average Bonchev–Trinajstić information content (AvgIpc) is 3.46. The summed E-state index contributed by atoms with van der Waals surface area (Å²) in [6.07, 6.45) is 2.10. The number of hydrogen-bond acceptors (Lipinski definition) is 3. The average molecular weight is 351 g/mol. The fraction of sp³-hybridized carbons (Fsp3) is 0.333. The number of rotatable bonds is 8. The molecule has 0 aliphatic heterocycles.